The molecule has 168 valence electrons. The number of nitrogens with one attached hydrogen (secondary N) is 2. The van der Waals surface area contributed by atoms with E-state index in [4.69, 9.17) is 27.6 Å². The second-order valence-electron chi connectivity index (χ2n) is 6.60. The average molecular weight is 513 g/mol. The summed E-state index contributed by atoms with van der Waals surface area (Å²) in [7, 11) is -8.33. The van der Waals surface area contributed by atoms with Gasteiger partial charge in [-0.05, 0) is 48.9 Å². The van der Waals surface area contributed by atoms with Crippen LogP contribution < -0.4 is 9.44 Å². The molecule has 0 radical (unpaired) electrons. The third-order valence-corrected chi connectivity index (χ3v) is 7.55. The van der Waals surface area contributed by atoms with Crippen molar-refractivity contribution in [3.8, 4) is 0 Å². The van der Waals surface area contributed by atoms with Crippen LogP contribution in [0.3, 0.4) is 0 Å². The SMILES string of the molecule is C=Cc1cc(S(=O)(=O)Nc2cc(Cl)ccc2NS(=O)(=O)c2cc(Cl)ccc2C)oc1C=C. The first-order chi connectivity index (χ1) is 15.0. The van der Waals surface area contributed by atoms with Crippen molar-refractivity contribution in [3.05, 3.63) is 82.6 Å². The third-order valence-electron chi connectivity index (χ3n) is 4.35. The Kier molecular flexibility index (Phi) is 6.75. The van der Waals surface area contributed by atoms with E-state index >= 15 is 0 Å². The molecule has 0 unspecified atom stereocenters. The predicted octanol–water partition coefficient (Wildman–Crippen LogP) is 5.78. The van der Waals surface area contributed by atoms with E-state index in [0.717, 1.165) is 0 Å². The summed E-state index contributed by atoms with van der Waals surface area (Å²) in [5.41, 5.74) is 0.751. The van der Waals surface area contributed by atoms with Crippen molar-refractivity contribution < 1.29 is 21.3 Å². The normalized spacial score (nSPS) is 11.7. The largest absolute Gasteiger partial charge is 0.443 e. The van der Waals surface area contributed by atoms with Crippen LogP contribution in [0.2, 0.25) is 10.0 Å². The Morgan fingerprint density at radius 2 is 1.47 bits per heavy atom. The van der Waals surface area contributed by atoms with Crippen molar-refractivity contribution in [3.63, 3.8) is 0 Å². The molecule has 0 amide bonds. The van der Waals surface area contributed by atoms with E-state index in [1.165, 1.54) is 42.5 Å². The molecule has 32 heavy (non-hydrogen) atoms. The highest BCUT2D eigenvalue weighted by Gasteiger charge is 2.24. The number of halogens is 2. The van der Waals surface area contributed by atoms with Gasteiger partial charge in [-0.2, -0.15) is 8.42 Å². The molecule has 0 saturated carbocycles. The number of hydrogen-bond donors (Lipinski definition) is 2. The number of furan rings is 1. The van der Waals surface area contributed by atoms with Crippen LogP contribution in [-0.2, 0) is 20.0 Å². The van der Waals surface area contributed by atoms with Crippen molar-refractivity contribution in [2.24, 2.45) is 0 Å². The van der Waals surface area contributed by atoms with Gasteiger partial charge in [-0.1, -0.05) is 48.5 Å². The minimum Gasteiger partial charge on any atom is -0.443 e. The second kappa shape index (κ2) is 9.03. The van der Waals surface area contributed by atoms with Crippen LogP contribution in [0.5, 0.6) is 0 Å². The highest BCUT2D eigenvalue weighted by molar-refractivity contribution is 7.93. The highest BCUT2D eigenvalue weighted by Crippen LogP contribution is 2.32. The van der Waals surface area contributed by atoms with Gasteiger partial charge in [0.15, 0.2) is 0 Å². The van der Waals surface area contributed by atoms with Gasteiger partial charge in [0.25, 0.3) is 20.0 Å². The number of hydrogen-bond acceptors (Lipinski definition) is 5. The Bertz CT molecular complexity index is 1400. The molecule has 0 saturated heterocycles. The standard InChI is InChI=1S/C21H18Cl2N2O5S2/c1-4-14-10-21(30-19(14)5-2)32(28,29)25-18-11-15(22)8-9-17(18)24-31(26,27)20-12-16(23)7-6-13(20)3/h4-12,24-25H,1-2H2,3H3. The molecule has 0 bridgehead atoms. The van der Waals surface area contributed by atoms with Crippen molar-refractivity contribution in [1.29, 1.82) is 0 Å². The van der Waals surface area contributed by atoms with E-state index in [2.05, 4.69) is 22.6 Å². The van der Waals surface area contributed by atoms with E-state index in [1.807, 2.05) is 0 Å². The minimum atomic E-state index is -4.24. The number of sulfonamides is 2. The fourth-order valence-electron chi connectivity index (χ4n) is 2.79. The molecule has 3 aromatic rings. The summed E-state index contributed by atoms with van der Waals surface area (Å²) < 4.78 is 61.7. The zero-order valence-corrected chi connectivity index (χ0v) is 19.9. The first-order valence-corrected chi connectivity index (χ1v) is 12.7. The summed E-state index contributed by atoms with van der Waals surface area (Å²) in [6, 6.07) is 9.73. The summed E-state index contributed by atoms with van der Waals surface area (Å²) >= 11 is 12.0. The molecule has 0 aliphatic heterocycles. The zero-order valence-electron chi connectivity index (χ0n) is 16.7. The quantitative estimate of drug-likeness (QED) is 0.397. The predicted molar refractivity (Wildman–Crippen MR) is 128 cm³/mol. The maximum atomic E-state index is 13.0. The lowest BCUT2D eigenvalue weighted by Gasteiger charge is -2.15. The van der Waals surface area contributed by atoms with Crippen LogP contribution in [0.4, 0.5) is 11.4 Å². The van der Waals surface area contributed by atoms with E-state index in [-0.39, 0.29) is 32.1 Å². The number of aryl methyl sites for hydroxylation is 1. The van der Waals surface area contributed by atoms with Crippen LogP contribution in [0.15, 0.2) is 70.0 Å². The zero-order chi connectivity index (χ0) is 23.7. The Balaban J connectivity index is 2.02. The molecule has 1 aromatic heterocycles. The molecule has 2 N–H and O–H groups in total. The summed E-state index contributed by atoms with van der Waals surface area (Å²) in [4.78, 5) is -0.0500. The maximum Gasteiger partial charge on any atom is 0.295 e. The topological polar surface area (TPSA) is 105 Å². The van der Waals surface area contributed by atoms with E-state index < -0.39 is 25.1 Å². The van der Waals surface area contributed by atoms with Gasteiger partial charge in [-0.3, -0.25) is 9.44 Å². The minimum absolute atomic E-state index is 0.0446. The second-order valence-corrected chi connectivity index (χ2v) is 10.7. The van der Waals surface area contributed by atoms with Crippen LogP contribution in [0, 0.1) is 6.92 Å². The van der Waals surface area contributed by atoms with Crippen LogP contribution >= 0.6 is 23.2 Å². The highest BCUT2D eigenvalue weighted by atomic mass is 35.5. The molecule has 0 spiro atoms. The molecule has 0 aliphatic rings. The molecule has 0 fully saturated rings. The maximum absolute atomic E-state index is 13.0. The molecule has 2 aromatic carbocycles. The van der Waals surface area contributed by atoms with Gasteiger partial charge < -0.3 is 4.42 Å². The van der Waals surface area contributed by atoms with Crippen molar-refractivity contribution in [1.82, 2.24) is 0 Å². The van der Waals surface area contributed by atoms with Gasteiger partial charge in [0.05, 0.1) is 16.3 Å². The number of anilines is 2. The number of benzene rings is 2. The molecule has 0 aliphatic carbocycles. The van der Waals surface area contributed by atoms with Gasteiger partial charge in [-0.25, -0.2) is 8.42 Å². The van der Waals surface area contributed by atoms with Gasteiger partial charge in [-0.15, -0.1) is 0 Å². The first-order valence-electron chi connectivity index (χ1n) is 8.97. The fraction of sp³-hybridized carbons (Fsp3) is 0.0476. The molecule has 0 atom stereocenters. The van der Waals surface area contributed by atoms with Crippen LogP contribution in [0.1, 0.15) is 16.9 Å². The molecule has 7 nitrogen and oxygen atoms in total. The molecule has 1 heterocycles. The molecule has 11 heteroatoms. The first kappa shape index (κ1) is 23.9. The Labute approximate surface area is 196 Å². The third kappa shape index (κ3) is 5.02. The van der Waals surface area contributed by atoms with E-state index in [1.54, 1.807) is 19.1 Å². The molecular weight excluding hydrogens is 495 g/mol. The fourth-order valence-corrected chi connectivity index (χ4v) is 5.60. The van der Waals surface area contributed by atoms with E-state index in [9.17, 15) is 16.8 Å². The van der Waals surface area contributed by atoms with Gasteiger partial charge in [0, 0.05) is 21.7 Å². The van der Waals surface area contributed by atoms with Gasteiger partial charge in [0.2, 0.25) is 5.09 Å². The summed E-state index contributed by atoms with van der Waals surface area (Å²) in [6.45, 7) is 8.78. The number of rotatable bonds is 8. The average Bonchev–Trinajstić information content (AvgIpc) is 3.16. The van der Waals surface area contributed by atoms with Gasteiger partial charge in [0.1, 0.15) is 5.76 Å². The molecule has 3 rings (SSSR count). The summed E-state index contributed by atoms with van der Waals surface area (Å²) in [5, 5.41) is 0.0197. The van der Waals surface area contributed by atoms with Crippen LogP contribution in [-0.4, -0.2) is 16.8 Å². The van der Waals surface area contributed by atoms with Crippen LogP contribution in [0.25, 0.3) is 12.2 Å². The van der Waals surface area contributed by atoms with Crippen molar-refractivity contribution >= 4 is 66.8 Å². The van der Waals surface area contributed by atoms with E-state index in [0.29, 0.717) is 11.1 Å². The molecular formula is C21H18Cl2N2O5S2. The Hall–Kier alpha value is -2.72. The monoisotopic (exact) mass is 512 g/mol. The smallest absolute Gasteiger partial charge is 0.295 e. The van der Waals surface area contributed by atoms with Crippen molar-refractivity contribution in [2.75, 3.05) is 9.44 Å². The Morgan fingerprint density at radius 1 is 0.844 bits per heavy atom. The Morgan fingerprint density at radius 3 is 2.09 bits per heavy atom. The van der Waals surface area contributed by atoms with Crippen molar-refractivity contribution in [2.45, 2.75) is 16.9 Å². The lowest BCUT2D eigenvalue weighted by atomic mass is 10.2. The van der Waals surface area contributed by atoms with Gasteiger partial charge >= 0.3 is 0 Å². The summed E-state index contributed by atoms with van der Waals surface area (Å²) in [6.07, 6.45) is 2.77. The summed E-state index contributed by atoms with van der Waals surface area (Å²) in [5.74, 6) is 0.226. The lowest BCUT2D eigenvalue weighted by Crippen LogP contribution is -2.18. The lowest BCUT2D eigenvalue weighted by molar-refractivity contribution is 0.445.